The molecule has 3 aromatic carbocycles. The van der Waals surface area contributed by atoms with Crippen LogP contribution in [0.2, 0.25) is 0 Å². The van der Waals surface area contributed by atoms with Crippen molar-refractivity contribution in [2.45, 2.75) is 19.1 Å². The van der Waals surface area contributed by atoms with Gasteiger partial charge in [-0.3, -0.25) is 14.0 Å². The number of nitrogens with zero attached hydrogens (tertiary/aromatic N) is 3. The predicted molar refractivity (Wildman–Crippen MR) is 141 cm³/mol. The van der Waals surface area contributed by atoms with E-state index in [-0.39, 0.29) is 24.2 Å². The number of carbonyl (C=O) groups is 1. The zero-order valence-electron chi connectivity index (χ0n) is 20.4. The molecule has 2 heterocycles. The monoisotopic (exact) mass is 505 g/mol. The van der Waals surface area contributed by atoms with Gasteiger partial charge in [0, 0.05) is 26.2 Å². The number of amides is 1. The van der Waals surface area contributed by atoms with E-state index < -0.39 is 16.1 Å². The molecule has 8 heteroatoms. The smallest absolute Gasteiger partial charge is 0.265 e. The molecule has 0 aromatic heterocycles. The maximum absolute atomic E-state index is 13.5. The highest BCUT2D eigenvalue weighted by atomic mass is 32.2. The highest BCUT2D eigenvalue weighted by Gasteiger charge is 2.39. The van der Waals surface area contributed by atoms with Crippen molar-refractivity contribution in [1.82, 2.24) is 9.80 Å². The number of rotatable bonds is 6. The molecule has 36 heavy (non-hydrogen) atoms. The van der Waals surface area contributed by atoms with Gasteiger partial charge in [-0.2, -0.15) is 0 Å². The second kappa shape index (κ2) is 10.3. The molecule has 1 fully saturated rings. The molecule has 3 aromatic rings. The van der Waals surface area contributed by atoms with Crippen LogP contribution in [-0.2, 0) is 14.8 Å². The third kappa shape index (κ3) is 4.83. The van der Waals surface area contributed by atoms with Crippen molar-refractivity contribution in [3.8, 4) is 5.75 Å². The molecule has 1 saturated heterocycles. The van der Waals surface area contributed by atoms with E-state index in [0.717, 1.165) is 0 Å². The molecular formula is C28H31N3O4S. The first-order valence-electron chi connectivity index (χ1n) is 12.4. The van der Waals surface area contributed by atoms with Gasteiger partial charge in [-0.05, 0) is 30.2 Å². The minimum absolute atomic E-state index is 0.0110. The van der Waals surface area contributed by atoms with E-state index in [9.17, 15) is 13.2 Å². The standard InChI is InChI=1S/C28H31N3O4S/c1-2-36(33,34)31-21-26(35-25-16-10-9-15-24(25)31)28(32)30-19-17-29(18-20-30)27(22-11-5-3-6-12-22)23-13-7-4-8-14-23/h3-16,26-27H,2,17-21H2,1H3/t26-/m0/s1. The molecule has 2 aliphatic heterocycles. The average Bonchev–Trinajstić information content (AvgIpc) is 2.94. The third-order valence-corrected chi connectivity index (χ3v) is 8.68. The van der Waals surface area contributed by atoms with Crippen molar-refractivity contribution in [3.63, 3.8) is 0 Å². The minimum Gasteiger partial charge on any atom is -0.476 e. The van der Waals surface area contributed by atoms with Crippen molar-refractivity contribution in [3.05, 3.63) is 96.1 Å². The SMILES string of the molecule is CCS(=O)(=O)N1C[C@@H](C(=O)N2CCN(C(c3ccccc3)c3ccccc3)CC2)Oc2ccccc21. The number of fused-ring (bicyclic) bond motifs is 1. The fraction of sp³-hybridized carbons (Fsp3) is 0.321. The molecule has 0 N–H and O–H groups in total. The molecular weight excluding hydrogens is 474 g/mol. The Bertz CT molecular complexity index is 1250. The summed E-state index contributed by atoms with van der Waals surface area (Å²) in [5.74, 6) is 0.212. The molecule has 0 saturated carbocycles. The van der Waals surface area contributed by atoms with Gasteiger partial charge in [-0.25, -0.2) is 8.42 Å². The van der Waals surface area contributed by atoms with Gasteiger partial charge in [0.15, 0.2) is 6.10 Å². The number of benzene rings is 3. The van der Waals surface area contributed by atoms with Crippen LogP contribution in [0.25, 0.3) is 0 Å². The first-order chi connectivity index (χ1) is 17.5. The summed E-state index contributed by atoms with van der Waals surface area (Å²) >= 11 is 0. The first kappa shape index (κ1) is 24.3. The number of para-hydroxylation sites is 2. The summed E-state index contributed by atoms with van der Waals surface area (Å²) in [7, 11) is -3.54. The summed E-state index contributed by atoms with van der Waals surface area (Å²) in [6.07, 6.45) is -0.869. The summed E-state index contributed by atoms with van der Waals surface area (Å²) in [5.41, 5.74) is 2.93. The topological polar surface area (TPSA) is 70.2 Å². The zero-order valence-corrected chi connectivity index (χ0v) is 21.2. The van der Waals surface area contributed by atoms with Crippen LogP contribution in [0.5, 0.6) is 5.75 Å². The Labute approximate surface area is 212 Å². The molecule has 0 bridgehead atoms. The second-order valence-electron chi connectivity index (χ2n) is 9.09. The van der Waals surface area contributed by atoms with E-state index in [1.807, 2.05) is 12.1 Å². The normalized spacial score (nSPS) is 18.6. The van der Waals surface area contributed by atoms with Crippen LogP contribution in [0.4, 0.5) is 5.69 Å². The van der Waals surface area contributed by atoms with E-state index in [0.29, 0.717) is 37.6 Å². The number of piperazine rings is 1. The molecule has 0 aliphatic carbocycles. The first-order valence-corrected chi connectivity index (χ1v) is 14.0. The van der Waals surface area contributed by atoms with Gasteiger partial charge >= 0.3 is 0 Å². The lowest BCUT2D eigenvalue weighted by Crippen LogP contribution is -2.56. The quantitative estimate of drug-likeness (QED) is 0.513. The summed E-state index contributed by atoms with van der Waals surface area (Å²) in [4.78, 5) is 17.7. The van der Waals surface area contributed by atoms with Gasteiger partial charge in [0.2, 0.25) is 10.0 Å². The highest BCUT2D eigenvalue weighted by molar-refractivity contribution is 7.92. The molecule has 1 atom stereocenters. The van der Waals surface area contributed by atoms with Crippen molar-refractivity contribution >= 4 is 21.6 Å². The van der Waals surface area contributed by atoms with Crippen LogP contribution < -0.4 is 9.04 Å². The van der Waals surface area contributed by atoms with E-state index in [4.69, 9.17) is 4.74 Å². The van der Waals surface area contributed by atoms with Crippen LogP contribution in [-0.4, -0.2) is 68.7 Å². The van der Waals surface area contributed by atoms with E-state index in [2.05, 4.69) is 53.4 Å². The van der Waals surface area contributed by atoms with Gasteiger partial charge in [0.05, 0.1) is 24.0 Å². The third-order valence-electron chi connectivity index (χ3n) is 6.93. The fourth-order valence-corrected chi connectivity index (χ4v) is 6.16. The summed E-state index contributed by atoms with van der Waals surface area (Å²) in [6, 6.07) is 27.9. The van der Waals surface area contributed by atoms with E-state index in [1.165, 1.54) is 15.4 Å². The summed E-state index contributed by atoms with van der Waals surface area (Å²) in [6.45, 7) is 4.12. The van der Waals surface area contributed by atoms with Crippen LogP contribution in [0.15, 0.2) is 84.9 Å². The minimum atomic E-state index is -3.54. The number of ether oxygens (including phenoxy) is 1. The van der Waals surface area contributed by atoms with Gasteiger partial charge < -0.3 is 9.64 Å². The van der Waals surface area contributed by atoms with Crippen molar-refractivity contribution in [1.29, 1.82) is 0 Å². The van der Waals surface area contributed by atoms with Crippen LogP contribution >= 0.6 is 0 Å². The number of anilines is 1. The summed E-state index contributed by atoms with van der Waals surface area (Å²) in [5, 5.41) is 0. The average molecular weight is 506 g/mol. The van der Waals surface area contributed by atoms with Gasteiger partial charge in [-0.15, -0.1) is 0 Å². The Balaban J connectivity index is 1.32. The molecule has 0 unspecified atom stereocenters. The van der Waals surface area contributed by atoms with Crippen LogP contribution in [0, 0.1) is 0 Å². The lowest BCUT2D eigenvalue weighted by Gasteiger charge is -2.42. The lowest BCUT2D eigenvalue weighted by atomic mass is 9.96. The van der Waals surface area contributed by atoms with Crippen molar-refractivity contribution < 1.29 is 17.9 Å². The molecule has 0 spiro atoms. The van der Waals surface area contributed by atoms with Gasteiger partial charge in [0.25, 0.3) is 5.91 Å². The molecule has 0 radical (unpaired) electrons. The lowest BCUT2D eigenvalue weighted by molar-refractivity contribution is -0.140. The maximum atomic E-state index is 13.5. The van der Waals surface area contributed by atoms with Crippen molar-refractivity contribution in [2.24, 2.45) is 0 Å². The number of carbonyl (C=O) groups excluding carboxylic acids is 1. The maximum Gasteiger partial charge on any atom is 0.265 e. The Morgan fingerprint density at radius 3 is 2.00 bits per heavy atom. The molecule has 7 nitrogen and oxygen atoms in total. The van der Waals surface area contributed by atoms with Crippen LogP contribution in [0.3, 0.4) is 0 Å². The Hall–Kier alpha value is -3.36. The Morgan fingerprint density at radius 1 is 0.861 bits per heavy atom. The Morgan fingerprint density at radius 2 is 1.42 bits per heavy atom. The summed E-state index contributed by atoms with van der Waals surface area (Å²) < 4.78 is 32.9. The van der Waals surface area contributed by atoms with E-state index >= 15 is 0 Å². The highest BCUT2D eigenvalue weighted by Crippen LogP contribution is 2.36. The van der Waals surface area contributed by atoms with Gasteiger partial charge in [-0.1, -0.05) is 72.8 Å². The van der Waals surface area contributed by atoms with E-state index in [1.54, 1.807) is 36.1 Å². The number of hydrogen-bond acceptors (Lipinski definition) is 5. The molecule has 5 rings (SSSR count). The molecule has 1 amide bonds. The van der Waals surface area contributed by atoms with Crippen LogP contribution in [0.1, 0.15) is 24.1 Å². The van der Waals surface area contributed by atoms with Crippen molar-refractivity contribution in [2.75, 3.05) is 42.8 Å². The molecule has 188 valence electrons. The largest absolute Gasteiger partial charge is 0.476 e. The predicted octanol–water partition coefficient (Wildman–Crippen LogP) is 3.54. The fourth-order valence-electron chi connectivity index (χ4n) is 5.04. The second-order valence-corrected chi connectivity index (χ2v) is 11.3. The number of hydrogen-bond donors (Lipinski definition) is 0. The zero-order chi connectivity index (χ0) is 25.1. The van der Waals surface area contributed by atoms with Gasteiger partial charge in [0.1, 0.15) is 5.75 Å². The molecule has 2 aliphatic rings. The number of sulfonamides is 1. The Kier molecular flexibility index (Phi) is 6.98.